The van der Waals surface area contributed by atoms with Crippen LogP contribution in [0.3, 0.4) is 0 Å². The van der Waals surface area contributed by atoms with Crippen LogP contribution in [0.2, 0.25) is 0 Å². The number of hydrogen-bond acceptors (Lipinski definition) is 3. The van der Waals surface area contributed by atoms with E-state index in [0.29, 0.717) is 11.7 Å². The average molecular weight is 191 g/mol. The SMILES string of the molecule is CN1CCCC(CS(C)(=O)=O)C1. The molecule has 0 radical (unpaired) electrons. The van der Waals surface area contributed by atoms with Crippen LogP contribution in [-0.4, -0.2) is 45.5 Å². The van der Waals surface area contributed by atoms with E-state index in [1.165, 1.54) is 6.26 Å². The quantitative estimate of drug-likeness (QED) is 0.633. The van der Waals surface area contributed by atoms with Crippen LogP contribution in [0, 0.1) is 5.92 Å². The summed E-state index contributed by atoms with van der Waals surface area (Å²) >= 11 is 0. The van der Waals surface area contributed by atoms with Crippen molar-refractivity contribution in [2.45, 2.75) is 12.8 Å². The number of nitrogens with zero attached hydrogens (tertiary/aromatic N) is 1. The van der Waals surface area contributed by atoms with E-state index < -0.39 is 9.84 Å². The molecule has 0 aliphatic carbocycles. The largest absolute Gasteiger partial charge is 0.306 e. The molecule has 1 heterocycles. The second-order valence-corrected chi connectivity index (χ2v) is 6.05. The molecule has 1 saturated heterocycles. The van der Waals surface area contributed by atoms with E-state index in [1.54, 1.807) is 0 Å². The zero-order chi connectivity index (χ0) is 9.19. The standard InChI is InChI=1S/C8H17NO2S/c1-9-5-3-4-8(6-9)7-12(2,10)11/h8H,3-7H2,1-2H3. The Labute approximate surface area is 74.7 Å². The van der Waals surface area contributed by atoms with Gasteiger partial charge in [-0.25, -0.2) is 8.42 Å². The maximum absolute atomic E-state index is 11.0. The van der Waals surface area contributed by atoms with Gasteiger partial charge in [-0.05, 0) is 32.4 Å². The van der Waals surface area contributed by atoms with E-state index in [-0.39, 0.29) is 0 Å². The lowest BCUT2D eigenvalue weighted by Gasteiger charge is -2.28. The molecule has 1 fully saturated rings. The van der Waals surface area contributed by atoms with Gasteiger partial charge in [0.2, 0.25) is 0 Å². The van der Waals surface area contributed by atoms with Crippen molar-refractivity contribution in [1.82, 2.24) is 4.90 Å². The second-order valence-electron chi connectivity index (χ2n) is 3.86. The van der Waals surface area contributed by atoms with Crippen molar-refractivity contribution >= 4 is 9.84 Å². The third-order valence-electron chi connectivity index (χ3n) is 2.26. The molecule has 4 heteroatoms. The van der Waals surface area contributed by atoms with Crippen molar-refractivity contribution in [3.05, 3.63) is 0 Å². The Balaban J connectivity index is 2.43. The fourth-order valence-electron chi connectivity index (χ4n) is 1.84. The van der Waals surface area contributed by atoms with Gasteiger partial charge in [-0.15, -0.1) is 0 Å². The first-order valence-corrected chi connectivity index (χ1v) is 6.40. The Bertz CT molecular complexity index is 235. The molecule has 0 saturated carbocycles. The molecule has 1 rings (SSSR count). The molecule has 1 aliphatic heterocycles. The van der Waals surface area contributed by atoms with Crippen LogP contribution < -0.4 is 0 Å². The van der Waals surface area contributed by atoms with E-state index in [9.17, 15) is 8.42 Å². The smallest absolute Gasteiger partial charge is 0.147 e. The molecule has 0 aromatic carbocycles. The summed E-state index contributed by atoms with van der Waals surface area (Å²) in [6.07, 6.45) is 3.52. The Hall–Kier alpha value is -0.0900. The molecule has 12 heavy (non-hydrogen) atoms. The Kier molecular flexibility index (Phi) is 3.12. The lowest BCUT2D eigenvalue weighted by atomic mass is 10.0. The minimum absolute atomic E-state index is 0.358. The Morgan fingerprint density at radius 1 is 1.50 bits per heavy atom. The maximum atomic E-state index is 11.0. The fraction of sp³-hybridized carbons (Fsp3) is 1.00. The summed E-state index contributed by atoms with van der Waals surface area (Å²) in [4.78, 5) is 2.21. The van der Waals surface area contributed by atoms with Gasteiger partial charge in [0.05, 0.1) is 5.75 Å². The maximum Gasteiger partial charge on any atom is 0.147 e. The highest BCUT2D eigenvalue weighted by Crippen LogP contribution is 2.16. The van der Waals surface area contributed by atoms with E-state index in [0.717, 1.165) is 25.9 Å². The predicted molar refractivity (Wildman–Crippen MR) is 49.9 cm³/mol. The molecule has 0 spiro atoms. The highest BCUT2D eigenvalue weighted by Gasteiger charge is 2.20. The monoisotopic (exact) mass is 191 g/mol. The first-order chi connectivity index (χ1) is 5.47. The van der Waals surface area contributed by atoms with Gasteiger partial charge in [-0.2, -0.15) is 0 Å². The summed E-state index contributed by atoms with van der Waals surface area (Å²) in [5.74, 6) is 0.718. The van der Waals surface area contributed by atoms with E-state index in [2.05, 4.69) is 11.9 Å². The summed E-state index contributed by atoms with van der Waals surface area (Å²) in [6.45, 7) is 2.05. The minimum Gasteiger partial charge on any atom is -0.306 e. The van der Waals surface area contributed by atoms with Gasteiger partial charge in [0, 0.05) is 12.8 Å². The summed E-state index contributed by atoms with van der Waals surface area (Å²) in [6, 6.07) is 0. The van der Waals surface area contributed by atoms with Crippen molar-refractivity contribution in [2.24, 2.45) is 5.92 Å². The molecule has 1 atom stereocenters. The zero-order valence-electron chi connectivity index (χ0n) is 7.78. The molecule has 0 N–H and O–H groups in total. The second kappa shape index (κ2) is 3.75. The summed E-state index contributed by atoms with van der Waals surface area (Å²) in [5, 5.41) is 0. The van der Waals surface area contributed by atoms with Crippen molar-refractivity contribution < 1.29 is 8.42 Å². The van der Waals surface area contributed by atoms with Crippen molar-refractivity contribution in [2.75, 3.05) is 32.1 Å². The van der Waals surface area contributed by atoms with Crippen molar-refractivity contribution in [3.63, 3.8) is 0 Å². The number of piperidine rings is 1. The third-order valence-corrected chi connectivity index (χ3v) is 3.34. The molecule has 0 amide bonds. The van der Waals surface area contributed by atoms with Crippen LogP contribution in [0.5, 0.6) is 0 Å². The van der Waals surface area contributed by atoms with Crippen LogP contribution >= 0.6 is 0 Å². The van der Waals surface area contributed by atoms with Gasteiger partial charge < -0.3 is 4.90 Å². The first kappa shape index (κ1) is 9.99. The van der Waals surface area contributed by atoms with Gasteiger partial charge in [-0.3, -0.25) is 0 Å². The minimum atomic E-state index is -2.77. The van der Waals surface area contributed by atoms with Crippen LogP contribution in [0.25, 0.3) is 0 Å². The zero-order valence-corrected chi connectivity index (χ0v) is 8.60. The van der Waals surface area contributed by atoms with Crippen LogP contribution in [0.1, 0.15) is 12.8 Å². The van der Waals surface area contributed by atoms with Gasteiger partial charge in [0.1, 0.15) is 9.84 Å². The van der Waals surface area contributed by atoms with Crippen molar-refractivity contribution in [1.29, 1.82) is 0 Å². The molecule has 0 aromatic heterocycles. The first-order valence-electron chi connectivity index (χ1n) is 4.33. The topological polar surface area (TPSA) is 37.4 Å². The highest BCUT2D eigenvalue weighted by molar-refractivity contribution is 7.90. The van der Waals surface area contributed by atoms with Crippen LogP contribution in [-0.2, 0) is 9.84 Å². The molecular formula is C8H17NO2S. The van der Waals surface area contributed by atoms with E-state index in [4.69, 9.17) is 0 Å². The van der Waals surface area contributed by atoms with Gasteiger partial charge in [-0.1, -0.05) is 0 Å². The normalized spacial score (nSPS) is 27.3. The summed E-state index contributed by atoms with van der Waals surface area (Å²) in [7, 11) is -0.724. The average Bonchev–Trinajstić information content (AvgIpc) is 1.82. The molecule has 1 aliphatic rings. The van der Waals surface area contributed by atoms with Crippen LogP contribution in [0.15, 0.2) is 0 Å². The molecular weight excluding hydrogens is 174 g/mol. The van der Waals surface area contributed by atoms with Gasteiger partial charge >= 0.3 is 0 Å². The molecule has 72 valence electrons. The molecule has 0 bridgehead atoms. The number of sulfone groups is 1. The summed E-state index contributed by atoms with van der Waals surface area (Å²) in [5.41, 5.74) is 0. The van der Waals surface area contributed by atoms with Gasteiger partial charge in [0.25, 0.3) is 0 Å². The lowest BCUT2D eigenvalue weighted by molar-refractivity contribution is 0.223. The van der Waals surface area contributed by atoms with E-state index >= 15 is 0 Å². The predicted octanol–water partition coefficient (Wildman–Crippen LogP) is 0.373. The molecule has 3 nitrogen and oxygen atoms in total. The molecule has 1 unspecified atom stereocenters. The molecule has 0 aromatic rings. The number of likely N-dealkylation sites (tertiary alicyclic amines) is 1. The summed E-state index contributed by atoms with van der Waals surface area (Å²) < 4.78 is 22.0. The van der Waals surface area contributed by atoms with Crippen LogP contribution in [0.4, 0.5) is 0 Å². The number of rotatable bonds is 2. The lowest BCUT2D eigenvalue weighted by Crippen LogP contribution is -2.35. The number of hydrogen-bond donors (Lipinski definition) is 0. The van der Waals surface area contributed by atoms with Gasteiger partial charge in [0.15, 0.2) is 0 Å². The fourth-order valence-corrected chi connectivity index (χ4v) is 2.97. The van der Waals surface area contributed by atoms with E-state index in [1.807, 2.05) is 0 Å². The Morgan fingerprint density at radius 2 is 2.17 bits per heavy atom. The third kappa shape index (κ3) is 3.54. The van der Waals surface area contributed by atoms with Crippen molar-refractivity contribution in [3.8, 4) is 0 Å². The highest BCUT2D eigenvalue weighted by atomic mass is 32.2. The Morgan fingerprint density at radius 3 is 2.67 bits per heavy atom.